The molecule has 0 saturated carbocycles. The number of phenolic OH excluding ortho intramolecular Hbond substituents is 1. The molecule has 104 valence electrons. The number of rotatable bonds is 6. The largest absolute Gasteiger partial charge is 0.506 e. The zero-order chi connectivity index (χ0) is 14.4. The number of nitrogens with one attached hydrogen (secondary N) is 1. The van der Waals surface area contributed by atoms with Crippen LogP contribution in [0.4, 0.5) is 11.4 Å². The van der Waals surface area contributed by atoms with Crippen LogP contribution in [0.15, 0.2) is 18.2 Å². The topological polar surface area (TPSA) is 118 Å². The average molecular weight is 267 g/mol. The first-order valence-electron chi connectivity index (χ1n) is 5.91. The predicted octanol–water partition coefficient (Wildman–Crippen LogP) is 1.61. The zero-order valence-corrected chi connectivity index (χ0v) is 10.6. The summed E-state index contributed by atoms with van der Waals surface area (Å²) in [5, 5.41) is 22.6. The Morgan fingerprint density at radius 2 is 2.26 bits per heavy atom. The van der Waals surface area contributed by atoms with E-state index in [4.69, 9.17) is 5.73 Å². The zero-order valence-electron chi connectivity index (χ0n) is 10.6. The second kappa shape index (κ2) is 6.69. The lowest BCUT2D eigenvalue weighted by molar-refractivity contribution is -0.384. The molecule has 1 aromatic carbocycles. The van der Waals surface area contributed by atoms with Gasteiger partial charge in [0.05, 0.1) is 16.7 Å². The Labute approximate surface area is 110 Å². The van der Waals surface area contributed by atoms with E-state index in [-0.39, 0.29) is 35.4 Å². The van der Waals surface area contributed by atoms with Gasteiger partial charge in [-0.15, -0.1) is 0 Å². The number of hydrogen-bond acceptors (Lipinski definition) is 5. The Bertz CT molecular complexity index is 476. The van der Waals surface area contributed by atoms with Gasteiger partial charge in [0, 0.05) is 12.5 Å². The van der Waals surface area contributed by atoms with Crippen LogP contribution in [0, 0.1) is 16.0 Å². The Morgan fingerprint density at radius 1 is 1.58 bits per heavy atom. The maximum Gasteiger partial charge on any atom is 0.273 e. The number of nitrogens with two attached hydrogens (primary N) is 1. The van der Waals surface area contributed by atoms with Crippen molar-refractivity contribution in [2.24, 2.45) is 11.7 Å². The summed E-state index contributed by atoms with van der Waals surface area (Å²) in [5.74, 6) is -0.338. The highest BCUT2D eigenvalue weighted by Crippen LogP contribution is 2.28. The molecule has 0 spiro atoms. The lowest BCUT2D eigenvalue weighted by Crippen LogP contribution is -2.16. The average Bonchev–Trinajstić information content (AvgIpc) is 2.38. The highest BCUT2D eigenvalue weighted by molar-refractivity contribution is 5.92. The fraction of sp³-hybridized carbons (Fsp3) is 0.417. The lowest BCUT2D eigenvalue weighted by atomic mass is 10.1. The van der Waals surface area contributed by atoms with Crippen LogP contribution in [0.3, 0.4) is 0 Å². The summed E-state index contributed by atoms with van der Waals surface area (Å²) in [4.78, 5) is 21.5. The van der Waals surface area contributed by atoms with Crippen molar-refractivity contribution in [3.63, 3.8) is 0 Å². The summed E-state index contributed by atoms with van der Waals surface area (Å²) in [6, 6.07) is 3.52. The lowest BCUT2D eigenvalue weighted by Gasteiger charge is -2.09. The maximum absolute atomic E-state index is 11.6. The monoisotopic (exact) mass is 267 g/mol. The van der Waals surface area contributed by atoms with Gasteiger partial charge >= 0.3 is 0 Å². The molecular formula is C12H17N3O4. The van der Waals surface area contributed by atoms with Crippen molar-refractivity contribution in [1.29, 1.82) is 0 Å². The van der Waals surface area contributed by atoms with Gasteiger partial charge in [-0.25, -0.2) is 0 Å². The van der Waals surface area contributed by atoms with E-state index >= 15 is 0 Å². The predicted molar refractivity (Wildman–Crippen MR) is 70.8 cm³/mol. The van der Waals surface area contributed by atoms with E-state index in [1.165, 1.54) is 12.1 Å². The van der Waals surface area contributed by atoms with Gasteiger partial charge in [0.1, 0.15) is 5.75 Å². The van der Waals surface area contributed by atoms with Crippen molar-refractivity contribution < 1.29 is 14.8 Å². The van der Waals surface area contributed by atoms with Gasteiger partial charge in [-0.1, -0.05) is 6.92 Å². The molecule has 1 amide bonds. The van der Waals surface area contributed by atoms with E-state index in [9.17, 15) is 20.0 Å². The number of carbonyl (C=O) groups is 1. The van der Waals surface area contributed by atoms with Crippen LogP contribution in [0.1, 0.15) is 19.8 Å². The summed E-state index contributed by atoms with van der Waals surface area (Å²) in [5.41, 5.74) is 5.38. The third-order valence-electron chi connectivity index (χ3n) is 2.73. The van der Waals surface area contributed by atoms with Crippen LogP contribution < -0.4 is 11.1 Å². The smallest absolute Gasteiger partial charge is 0.273 e. The second-order valence-corrected chi connectivity index (χ2v) is 4.39. The molecule has 0 bridgehead atoms. The van der Waals surface area contributed by atoms with E-state index in [1.54, 1.807) is 0 Å². The number of hydrogen-bond donors (Lipinski definition) is 3. The molecule has 4 N–H and O–H groups in total. The summed E-state index contributed by atoms with van der Waals surface area (Å²) < 4.78 is 0. The van der Waals surface area contributed by atoms with Crippen LogP contribution in [0.5, 0.6) is 5.75 Å². The molecule has 0 heterocycles. The number of carbonyl (C=O) groups excluding carboxylic acids is 1. The number of nitrogens with zero attached hydrogens (tertiary/aromatic N) is 1. The normalized spacial score (nSPS) is 11.9. The summed E-state index contributed by atoms with van der Waals surface area (Å²) in [7, 11) is 0. The highest BCUT2D eigenvalue weighted by Gasteiger charge is 2.12. The van der Waals surface area contributed by atoms with Gasteiger partial charge in [-0.05, 0) is 24.9 Å². The third kappa shape index (κ3) is 4.55. The van der Waals surface area contributed by atoms with E-state index < -0.39 is 4.92 Å². The molecule has 1 rings (SSSR count). The van der Waals surface area contributed by atoms with Crippen molar-refractivity contribution in [1.82, 2.24) is 0 Å². The molecule has 0 aliphatic rings. The summed E-state index contributed by atoms with van der Waals surface area (Å²) >= 11 is 0. The SMILES string of the molecule is CC(CN)CCC(=O)Nc1ccc([N+](=O)[O-])cc1O. The summed E-state index contributed by atoms with van der Waals surface area (Å²) in [6.07, 6.45) is 0.935. The van der Waals surface area contributed by atoms with Gasteiger partial charge in [0.25, 0.3) is 5.69 Å². The van der Waals surface area contributed by atoms with Crippen molar-refractivity contribution in [3.8, 4) is 5.75 Å². The van der Waals surface area contributed by atoms with E-state index in [0.717, 1.165) is 6.07 Å². The van der Waals surface area contributed by atoms with Crippen LogP contribution in [0.25, 0.3) is 0 Å². The van der Waals surface area contributed by atoms with E-state index in [2.05, 4.69) is 5.32 Å². The molecule has 7 nitrogen and oxygen atoms in total. The molecule has 0 saturated heterocycles. The van der Waals surface area contributed by atoms with E-state index in [0.29, 0.717) is 13.0 Å². The minimum absolute atomic E-state index is 0.163. The molecule has 1 aromatic rings. The molecule has 1 unspecified atom stereocenters. The Balaban J connectivity index is 2.62. The molecular weight excluding hydrogens is 250 g/mol. The van der Waals surface area contributed by atoms with Crippen molar-refractivity contribution >= 4 is 17.3 Å². The first-order chi connectivity index (χ1) is 8.93. The minimum atomic E-state index is -0.617. The van der Waals surface area contributed by atoms with Crippen molar-refractivity contribution in [3.05, 3.63) is 28.3 Å². The van der Waals surface area contributed by atoms with Crippen LogP contribution in [-0.4, -0.2) is 22.5 Å². The Morgan fingerprint density at radius 3 is 2.79 bits per heavy atom. The molecule has 0 aliphatic carbocycles. The third-order valence-corrected chi connectivity index (χ3v) is 2.73. The number of anilines is 1. The molecule has 7 heteroatoms. The van der Waals surface area contributed by atoms with Crippen molar-refractivity contribution in [2.75, 3.05) is 11.9 Å². The molecule has 19 heavy (non-hydrogen) atoms. The van der Waals surface area contributed by atoms with Crippen LogP contribution in [-0.2, 0) is 4.79 Å². The molecule has 0 aliphatic heterocycles. The first kappa shape index (κ1) is 14.9. The van der Waals surface area contributed by atoms with Crippen LogP contribution in [0.2, 0.25) is 0 Å². The number of non-ortho nitro benzene ring substituents is 1. The first-order valence-corrected chi connectivity index (χ1v) is 5.91. The number of nitro groups is 1. The minimum Gasteiger partial charge on any atom is -0.506 e. The van der Waals surface area contributed by atoms with E-state index in [1.807, 2.05) is 6.92 Å². The molecule has 0 fully saturated rings. The number of phenols is 1. The van der Waals surface area contributed by atoms with Gasteiger partial charge in [-0.3, -0.25) is 14.9 Å². The highest BCUT2D eigenvalue weighted by atomic mass is 16.6. The molecule has 0 radical (unpaired) electrons. The molecule has 1 atom stereocenters. The van der Waals surface area contributed by atoms with Gasteiger partial charge in [0.15, 0.2) is 0 Å². The van der Waals surface area contributed by atoms with Crippen LogP contribution >= 0.6 is 0 Å². The maximum atomic E-state index is 11.6. The Kier molecular flexibility index (Phi) is 5.25. The number of amides is 1. The number of benzene rings is 1. The van der Waals surface area contributed by atoms with Gasteiger partial charge in [-0.2, -0.15) is 0 Å². The standard InChI is InChI=1S/C12H17N3O4/c1-8(7-13)2-5-12(17)14-10-4-3-9(15(18)19)6-11(10)16/h3-4,6,8,16H,2,5,7,13H2,1H3,(H,14,17). The number of nitro benzene ring substituents is 1. The second-order valence-electron chi connectivity index (χ2n) is 4.39. The van der Waals surface area contributed by atoms with Gasteiger partial charge < -0.3 is 16.2 Å². The fourth-order valence-electron chi connectivity index (χ4n) is 1.45. The fourth-order valence-corrected chi connectivity index (χ4v) is 1.45. The van der Waals surface area contributed by atoms with Gasteiger partial charge in [0.2, 0.25) is 5.91 Å². The Hall–Kier alpha value is -2.15. The molecule has 0 aromatic heterocycles. The summed E-state index contributed by atoms with van der Waals surface area (Å²) in [6.45, 7) is 2.45. The number of aromatic hydroxyl groups is 1. The quantitative estimate of drug-likeness (QED) is 0.411. The van der Waals surface area contributed by atoms with Crippen molar-refractivity contribution in [2.45, 2.75) is 19.8 Å².